The molecule has 1 aromatic rings. The van der Waals surface area contributed by atoms with E-state index in [-0.39, 0.29) is 19.3 Å². The van der Waals surface area contributed by atoms with Crippen molar-refractivity contribution in [2.75, 3.05) is 13.2 Å². The Morgan fingerprint density at radius 2 is 2.05 bits per heavy atom. The summed E-state index contributed by atoms with van der Waals surface area (Å²) in [5.74, 6) is -1.52. The lowest BCUT2D eigenvalue weighted by Crippen LogP contribution is -2.42. The van der Waals surface area contributed by atoms with Crippen molar-refractivity contribution in [1.29, 1.82) is 0 Å². The van der Waals surface area contributed by atoms with E-state index >= 15 is 0 Å². The Morgan fingerprint density at radius 1 is 1.32 bits per heavy atom. The minimum atomic E-state index is -0.857. The monoisotopic (exact) mass is 263 g/mol. The third-order valence-electron chi connectivity index (χ3n) is 3.24. The summed E-state index contributed by atoms with van der Waals surface area (Å²) >= 11 is 0. The number of aliphatic hydroxyl groups is 1. The minimum Gasteiger partial charge on any atom is -0.454 e. The maximum Gasteiger partial charge on any atom is 0.397 e. The first-order chi connectivity index (χ1) is 9.22. The SMILES string of the molecule is O=C(OCc1ccccc1)C(=O)N1CCC[C@H]1CO. The van der Waals surface area contributed by atoms with Gasteiger partial charge >= 0.3 is 11.9 Å². The highest BCUT2D eigenvalue weighted by Gasteiger charge is 2.32. The summed E-state index contributed by atoms with van der Waals surface area (Å²) in [6, 6.07) is 8.94. The van der Waals surface area contributed by atoms with Crippen LogP contribution in [-0.4, -0.2) is 41.1 Å². The first-order valence-electron chi connectivity index (χ1n) is 6.35. The van der Waals surface area contributed by atoms with Crippen LogP contribution in [-0.2, 0) is 20.9 Å². The number of benzene rings is 1. The Balaban J connectivity index is 1.87. The van der Waals surface area contributed by atoms with Crippen LogP contribution in [0.3, 0.4) is 0 Å². The van der Waals surface area contributed by atoms with E-state index in [4.69, 9.17) is 9.84 Å². The number of carbonyl (C=O) groups is 2. The van der Waals surface area contributed by atoms with Crippen molar-refractivity contribution in [3.05, 3.63) is 35.9 Å². The van der Waals surface area contributed by atoms with Crippen LogP contribution >= 0.6 is 0 Å². The molecular formula is C14H17NO4. The zero-order valence-corrected chi connectivity index (χ0v) is 10.6. The van der Waals surface area contributed by atoms with Gasteiger partial charge in [0.15, 0.2) is 0 Å². The number of hydrogen-bond donors (Lipinski definition) is 1. The van der Waals surface area contributed by atoms with Crippen LogP contribution in [0.15, 0.2) is 30.3 Å². The molecule has 1 fully saturated rings. The molecule has 0 aromatic heterocycles. The van der Waals surface area contributed by atoms with E-state index in [2.05, 4.69) is 0 Å². The van der Waals surface area contributed by atoms with Gasteiger partial charge in [0.25, 0.3) is 0 Å². The third-order valence-corrected chi connectivity index (χ3v) is 3.24. The van der Waals surface area contributed by atoms with Crippen LogP contribution in [0.4, 0.5) is 0 Å². The molecule has 5 nitrogen and oxygen atoms in total. The number of carbonyl (C=O) groups excluding carboxylic acids is 2. The number of rotatable bonds is 3. The van der Waals surface area contributed by atoms with Crippen molar-refractivity contribution in [3.63, 3.8) is 0 Å². The summed E-state index contributed by atoms with van der Waals surface area (Å²) in [6.07, 6.45) is 1.54. The summed E-state index contributed by atoms with van der Waals surface area (Å²) in [5, 5.41) is 9.13. The lowest BCUT2D eigenvalue weighted by atomic mass is 10.2. The number of nitrogens with zero attached hydrogens (tertiary/aromatic N) is 1. The van der Waals surface area contributed by atoms with Crippen molar-refractivity contribution >= 4 is 11.9 Å². The molecule has 0 bridgehead atoms. The van der Waals surface area contributed by atoms with E-state index in [1.54, 1.807) is 0 Å². The van der Waals surface area contributed by atoms with Gasteiger partial charge in [-0.05, 0) is 18.4 Å². The van der Waals surface area contributed by atoms with Crippen LogP contribution in [0.5, 0.6) is 0 Å². The van der Waals surface area contributed by atoms with Crippen LogP contribution in [0, 0.1) is 0 Å². The minimum absolute atomic E-state index is 0.0864. The number of ether oxygens (including phenoxy) is 1. The predicted molar refractivity (Wildman–Crippen MR) is 68.1 cm³/mol. The predicted octanol–water partition coefficient (Wildman–Crippen LogP) is 0.713. The lowest BCUT2D eigenvalue weighted by molar-refractivity contribution is -0.161. The van der Waals surface area contributed by atoms with E-state index in [1.807, 2.05) is 30.3 Å². The molecule has 1 aliphatic rings. The number of likely N-dealkylation sites (tertiary alicyclic amines) is 1. The fraction of sp³-hybridized carbons (Fsp3) is 0.429. The average molecular weight is 263 g/mol. The molecule has 1 saturated heterocycles. The van der Waals surface area contributed by atoms with Crippen molar-refractivity contribution in [2.45, 2.75) is 25.5 Å². The normalized spacial score (nSPS) is 18.4. The van der Waals surface area contributed by atoms with Gasteiger partial charge < -0.3 is 14.7 Å². The molecular weight excluding hydrogens is 246 g/mol. The fourth-order valence-corrected chi connectivity index (χ4v) is 2.19. The number of amides is 1. The van der Waals surface area contributed by atoms with E-state index in [0.717, 1.165) is 18.4 Å². The largest absolute Gasteiger partial charge is 0.454 e. The highest BCUT2D eigenvalue weighted by molar-refractivity contribution is 6.32. The second kappa shape index (κ2) is 6.33. The van der Waals surface area contributed by atoms with Crippen molar-refractivity contribution in [1.82, 2.24) is 4.90 Å². The van der Waals surface area contributed by atoms with Crippen LogP contribution in [0.25, 0.3) is 0 Å². The molecule has 0 aliphatic carbocycles. The summed E-state index contributed by atoms with van der Waals surface area (Å²) in [6.45, 7) is 0.477. The maximum atomic E-state index is 11.9. The average Bonchev–Trinajstić information content (AvgIpc) is 2.93. The van der Waals surface area contributed by atoms with Gasteiger partial charge in [0.1, 0.15) is 6.61 Å². The molecule has 5 heteroatoms. The molecule has 0 radical (unpaired) electrons. The molecule has 19 heavy (non-hydrogen) atoms. The molecule has 1 aromatic carbocycles. The van der Waals surface area contributed by atoms with Crippen LogP contribution in [0.1, 0.15) is 18.4 Å². The standard InChI is InChI=1S/C14H17NO4/c16-9-12-7-4-8-15(12)13(17)14(18)19-10-11-5-2-1-3-6-11/h1-3,5-6,12,16H,4,7-10H2/t12-/m0/s1. The van der Waals surface area contributed by atoms with Crippen molar-refractivity contribution < 1.29 is 19.4 Å². The van der Waals surface area contributed by atoms with Crippen molar-refractivity contribution in [2.24, 2.45) is 0 Å². The molecule has 1 atom stereocenters. The zero-order chi connectivity index (χ0) is 13.7. The van der Waals surface area contributed by atoms with Gasteiger partial charge in [0, 0.05) is 6.54 Å². The van der Waals surface area contributed by atoms with E-state index in [1.165, 1.54) is 4.90 Å². The Morgan fingerprint density at radius 3 is 2.74 bits per heavy atom. The quantitative estimate of drug-likeness (QED) is 0.644. The second-order valence-corrected chi connectivity index (χ2v) is 4.54. The number of esters is 1. The Labute approximate surface area is 111 Å². The van der Waals surface area contributed by atoms with Crippen molar-refractivity contribution in [3.8, 4) is 0 Å². The summed E-state index contributed by atoms with van der Waals surface area (Å²) < 4.78 is 4.98. The molecule has 102 valence electrons. The molecule has 1 amide bonds. The first kappa shape index (κ1) is 13.5. The second-order valence-electron chi connectivity index (χ2n) is 4.54. The Kier molecular flexibility index (Phi) is 4.52. The van der Waals surface area contributed by atoms with Gasteiger partial charge in [-0.3, -0.25) is 4.79 Å². The first-order valence-corrected chi connectivity index (χ1v) is 6.35. The molecule has 2 rings (SSSR count). The molecule has 1 heterocycles. The number of hydrogen-bond acceptors (Lipinski definition) is 4. The van der Waals surface area contributed by atoms with E-state index in [9.17, 15) is 9.59 Å². The van der Waals surface area contributed by atoms with Gasteiger partial charge in [0.05, 0.1) is 12.6 Å². The summed E-state index contributed by atoms with van der Waals surface area (Å²) in [5.41, 5.74) is 0.837. The Hall–Kier alpha value is -1.88. The smallest absolute Gasteiger partial charge is 0.397 e. The van der Waals surface area contributed by atoms with Crippen LogP contribution in [0.2, 0.25) is 0 Å². The van der Waals surface area contributed by atoms with E-state index in [0.29, 0.717) is 6.54 Å². The summed E-state index contributed by atoms with van der Waals surface area (Å²) in [7, 11) is 0. The molecule has 1 aliphatic heterocycles. The van der Waals surface area contributed by atoms with Gasteiger partial charge in [-0.15, -0.1) is 0 Å². The highest BCUT2D eigenvalue weighted by Crippen LogP contribution is 2.17. The maximum absolute atomic E-state index is 11.9. The van der Waals surface area contributed by atoms with Gasteiger partial charge in [-0.1, -0.05) is 30.3 Å². The molecule has 0 saturated carbocycles. The zero-order valence-electron chi connectivity index (χ0n) is 10.6. The van der Waals surface area contributed by atoms with E-state index < -0.39 is 11.9 Å². The lowest BCUT2D eigenvalue weighted by Gasteiger charge is -2.21. The van der Waals surface area contributed by atoms with Gasteiger partial charge in [0.2, 0.25) is 0 Å². The Bertz CT molecular complexity index is 446. The fourth-order valence-electron chi connectivity index (χ4n) is 2.19. The van der Waals surface area contributed by atoms with Gasteiger partial charge in [-0.2, -0.15) is 0 Å². The topological polar surface area (TPSA) is 66.8 Å². The summed E-state index contributed by atoms with van der Waals surface area (Å²) in [4.78, 5) is 24.9. The highest BCUT2D eigenvalue weighted by atomic mass is 16.5. The van der Waals surface area contributed by atoms with Crippen LogP contribution < -0.4 is 0 Å². The third kappa shape index (κ3) is 3.32. The molecule has 0 unspecified atom stereocenters. The molecule has 1 N–H and O–H groups in total. The number of aliphatic hydroxyl groups excluding tert-OH is 1. The van der Waals surface area contributed by atoms with Gasteiger partial charge in [-0.25, -0.2) is 4.79 Å². The molecule has 0 spiro atoms.